The molecule has 0 aliphatic carbocycles. The topological polar surface area (TPSA) is 83.1 Å². The highest BCUT2D eigenvalue weighted by Crippen LogP contribution is 2.51. The molecule has 0 saturated carbocycles. The van der Waals surface area contributed by atoms with Crippen LogP contribution in [0.25, 0.3) is 11.1 Å². The average Bonchev–Trinajstić information content (AvgIpc) is 3.03. The first-order valence-electron chi connectivity index (χ1n) is 13.5. The third-order valence-corrected chi connectivity index (χ3v) is 9.83. The van der Waals surface area contributed by atoms with E-state index in [2.05, 4.69) is 67.6 Å². The van der Waals surface area contributed by atoms with Crippen LogP contribution in [0.5, 0.6) is 0 Å². The molecule has 41 heavy (non-hydrogen) atoms. The van der Waals surface area contributed by atoms with Gasteiger partial charge < -0.3 is 19.9 Å². The molecule has 0 spiro atoms. The minimum Gasteiger partial charge on any atom is -0.381 e. The molecule has 2 aliphatic rings. The number of benzene rings is 2. The zero-order valence-electron chi connectivity index (χ0n) is 22.1. The number of anilines is 2. The van der Waals surface area contributed by atoms with Crippen molar-refractivity contribution in [2.75, 3.05) is 29.9 Å². The predicted octanol–water partition coefficient (Wildman–Crippen LogP) is 6.64. The van der Waals surface area contributed by atoms with Crippen molar-refractivity contribution in [3.63, 3.8) is 0 Å². The highest BCUT2D eigenvalue weighted by atomic mass is 32.2. The van der Waals surface area contributed by atoms with E-state index in [1.807, 2.05) is 42.9 Å². The monoisotopic (exact) mass is 577 g/mol. The molecule has 0 radical (unpaired) electrons. The Morgan fingerprint density at radius 3 is 2.78 bits per heavy atom. The van der Waals surface area contributed by atoms with Gasteiger partial charge in [-0.25, -0.2) is 0 Å². The number of hydrogen-bond donors (Lipinski definition) is 2. The molecule has 5 aromatic rings. The second-order valence-electron chi connectivity index (χ2n) is 9.91. The van der Waals surface area contributed by atoms with Gasteiger partial charge >= 0.3 is 0 Å². The van der Waals surface area contributed by atoms with E-state index in [-0.39, 0.29) is 11.7 Å². The van der Waals surface area contributed by atoms with Crippen LogP contribution in [0.3, 0.4) is 0 Å². The van der Waals surface area contributed by atoms with Crippen molar-refractivity contribution in [1.29, 1.82) is 0 Å². The molecule has 204 valence electrons. The molecule has 5 heterocycles. The molecule has 1 fully saturated rings. The minimum absolute atomic E-state index is 0.0658. The molecule has 7 nitrogen and oxygen atoms in total. The summed E-state index contributed by atoms with van der Waals surface area (Å²) in [6.45, 7) is 2.59. The summed E-state index contributed by atoms with van der Waals surface area (Å²) in [6.07, 6.45) is 8.97. The van der Waals surface area contributed by atoms with Gasteiger partial charge in [-0.15, -0.1) is 0 Å². The Kier molecular flexibility index (Phi) is 7.22. The number of morpholine rings is 1. The summed E-state index contributed by atoms with van der Waals surface area (Å²) in [5.41, 5.74) is 6.10. The molecule has 2 aliphatic heterocycles. The Hall–Kier alpha value is -4.05. The fourth-order valence-corrected chi connectivity index (χ4v) is 7.63. The molecule has 2 N–H and O–H groups in total. The van der Waals surface area contributed by atoms with Crippen molar-refractivity contribution in [1.82, 2.24) is 15.0 Å². The maximum atomic E-state index is 12.4. The third-order valence-electron chi connectivity index (χ3n) is 7.22. The van der Waals surface area contributed by atoms with Crippen molar-refractivity contribution in [3.05, 3.63) is 119 Å². The van der Waals surface area contributed by atoms with Gasteiger partial charge in [0.1, 0.15) is 11.8 Å². The Bertz CT molecular complexity index is 1760. The second-order valence-corrected chi connectivity index (χ2v) is 12.0. The number of rotatable bonds is 6. The van der Waals surface area contributed by atoms with Crippen LogP contribution in [0.15, 0.2) is 122 Å². The van der Waals surface area contributed by atoms with Crippen LogP contribution in [0.2, 0.25) is 0 Å². The maximum absolute atomic E-state index is 12.4. The maximum Gasteiger partial charge on any atom is 0.271 e. The number of pyridine rings is 3. The second kappa shape index (κ2) is 11.4. The first-order chi connectivity index (χ1) is 20.2. The van der Waals surface area contributed by atoms with Crippen LogP contribution >= 0.6 is 23.5 Å². The Morgan fingerprint density at radius 1 is 0.927 bits per heavy atom. The zero-order valence-corrected chi connectivity index (χ0v) is 23.8. The summed E-state index contributed by atoms with van der Waals surface area (Å²) >= 11 is 3.59. The highest BCUT2D eigenvalue weighted by Gasteiger charge is 2.29. The zero-order chi connectivity index (χ0) is 27.6. The van der Waals surface area contributed by atoms with Gasteiger partial charge in [0, 0.05) is 87.0 Å². The van der Waals surface area contributed by atoms with E-state index in [0.29, 0.717) is 31.9 Å². The summed E-state index contributed by atoms with van der Waals surface area (Å²) in [5, 5.41) is 3.57. The Labute approximate surface area is 246 Å². The number of fused-ring (bicyclic) bond motifs is 2. The number of aromatic nitrogens is 3. The molecule has 7 rings (SSSR count). The lowest BCUT2D eigenvalue weighted by Gasteiger charge is -2.35. The lowest BCUT2D eigenvalue weighted by Crippen LogP contribution is -2.41. The van der Waals surface area contributed by atoms with Gasteiger partial charge in [0.15, 0.2) is 0 Å². The van der Waals surface area contributed by atoms with Gasteiger partial charge in [0.25, 0.3) is 5.56 Å². The fraction of sp³-hybridized carbons (Fsp3) is 0.156. The van der Waals surface area contributed by atoms with Crippen molar-refractivity contribution < 1.29 is 4.74 Å². The average molecular weight is 578 g/mol. The molecular formula is C32H27N5O2S2. The molecule has 9 heteroatoms. The summed E-state index contributed by atoms with van der Waals surface area (Å²) in [4.78, 5) is 30.9. The quantitative estimate of drug-likeness (QED) is 0.228. The van der Waals surface area contributed by atoms with Crippen molar-refractivity contribution >= 4 is 34.9 Å². The first kappa shape index (κ1) is 25.9. The SMILES string of the molecule is O=c1[nH]cccc1N1CCOC(c2cccc3c2Sc2ccc(NCc4cncc(-c5cccnc5)c4)cc2S3)C1. The molecule has 1 saturated heterocycles. The van der Waals surface area contributed by atoms with Gasteiger partial charge in [-0.3, -0.25) is 14.8 Å². The van der Waals surface area contributed by atoms with Crippen LogP contribution in [0.1, 0.15) is 17.2 Å². The van der Waals surface area contributed by atoms with E-state index < -0.39 is 0 Å². The van der Waals surface area contributed by atoms with Crippen molar-refractivity contribution in [3.8, 4) is 11.1 Å². The Morgan fingerprint density at radius 2 is 1.88 bits per heavy atom. The molecule has 3 aromatic heterocycles. The molecule has 0 amide bonds. The van der Waals surface area contributed by atoms with Crippen LogP contribution in [-0.4, -0.2) is 34.6 Å². The lowest BCUT2D eigenvalue weighted by atomic mass is 10.1. The van der Waals surface area contributed by atoms with Crippen molar-refractivity contribution in [2.45, 2.75) is 32.2 Å². The van der Waals surface area contributed by atoms with Gasteiger partial charge in [0.05, 0.1) is 6.61 Å². The van der Waals surface area contributed by atoms with E-state index in [0.717, 1.165) is 22.4 Å². The van der Waals surface area contributed by atoms with Gasteiger partial charge in [-0.2, -0.15) is 0 Å². The number of aromatic amines is 1. The van der Waals surface area contributed by atoms with E-state index in [1.54, 1.807) is 35.9 Å². The molecular weight excluding hydrogens is 551 g/mol. The normalized spacial score (nSPS) is 16.1. The third kappa shape index (κ3) is 5.48. The van der Waals surface area contributed by atoms with E-state index >= 15 is 0 Å². The largest absolute Gasteiger partial charge is 0.381 e. The van der Waals surface area contributed by atoms with Gasteiger partial charge in [-0.05, 0) is 59.7 Å². The standard InChI is InChI=1S/C32H27N5O2S2/c38-32-26(6-3-11-35-32)37-12-13-39-27(20-37)25-5-1-7-29-31(25)41-28-9-8-24(15-30(28)40-29)36-17-21-14-23(19-34-16-21)22-4-2-10-33-18-22/h1-11,14-16,18-19,27,36H,12-13,17,20H2,(H,35,38). The van der Waals surface area contributed by atoms with Crippen LogP contribution in [0, 0.1) is 0 Å². The predicted molar refractivity (Wildman–Crippen MR) is 164 cm³/mol. The smallest absolute Gasteiger partial charge is 0.271 e. The van der Waals surface area contributed by atoms with Crippen LogP contribution in [-0.2, 0) is 11.3 Å². The van der Waals surface area contributed by atoms with Gasteiger partial charge in [0.2, 0.25) is 0 Å². The number of H-pyrrole nitrogens is 1. The summed E-state index contributed by atoms with van der Waals surface area (Å²) in [7, 11) is 0. The fourth-order valence-electron chi connectivity index (χ4n) is 5.18. The highest BCUT2D eigenvalue weighted by molar-refractivity contribution is 8.05. The lowest BCUT2D eigenvalue weighted by molar-refractivity contribution is 0.0378. The summed E-state index contributed by atoms with van der Waals surface area (Å²) in [5.74, 6) is 0. The molecule has 2 aromatic carbocycles. The van der Waals surface area contributed by atoms with Crippen LogP contribution < -0.4 is 15.8 Å². The minimum atomic E-state index is -0.107. The molecule has 0 bridgehead atoms. The molecule has 1 unspecified atom stereocenters. The summed E-state index contributed by atoms with van der Waals surface area (Å²) < 4.78 is 6.24. The Balaban J connectivity index is 1.07. The van der Waals surface area contributed by atoms with Gasteiger partial charge in [-0.1, -0.05) is 41.7 Å². The van der Waals surface area contributed by atoms with E-state index in [9.17, 15) is 4.79 Å². The number of nitrogens with zero attached hydrogens (tertiary/aromatic N) is 3. The number of ether oxygens (including phenoxy) is 1. The number of hydrogen-bond acceptors (Lipinski definition) is 8. The van der Waals surface area contributed by atoms with E-state index in [4.69, 9.17) is 4.74 Å². The summed E-state index contributed by atoms with van der Waals surface area (Å²) in [6, 6.07) is 22.9. The molecule has 1 atom stereocenters. The van der Waals surface area contributed by atoms with Crippen LogP contribution in [0.4, 0.5) is 11.4 Å². The number of nitrogens with one attached hydrogen (secondary N) is 2. The van der Waals surface area contributed by atoms with E-state index in [1.165, 1.54) is 25.1 Å². The van der Waals surface area contributed by atoms with Crippen molar-refractivity contribution in [2.24, 2.45) is 0 Å². The first-order valence-corrected chi connectivity index (χ1v) is 15.1.